The zero-order valence-electron chi connectivity index (χ0n) is 11.6. The van der Waals surface area contributed by atoms with Crippen LogP contribution in [0.1, 0.15) is 17.8 Å². The van der Waals surface area contributed by atoms with Crippen LogP contribution in [-0.4, -0.2) is 46.6 Å². The number of nitrogens with zero attached hydrogens (tertiary/aromatic N) is 4. The van der Waals surface area contributed by atoms with E-state index in [2.05, 4.69) is 19.8 Å². The topological polar surface area (TPSA) is 89.2 Å². The lowest BCUT2D eigenvalue weighted by atomic mass is 10.4. The number of fused-ring (bicyclic) bond motifs is 1. The normalized spacial score (nSPS) is 12.2. The Morgan fingerprint density at radius 2 is 2.10 bits per heavy atom. The zero-order chi connectivity index (χ0) is 14.8. The Hall–Kier alpha value is -1.19. The molecular weight excluding hydrogens is 298 g/mol. The predicted octanol–water partition coefficient (Wildman–Crippen LogP) is 0.773. The van der Waals surface area contributed by atoms with Gasteiger partial charge in [-0.25, -0.2) is 22.6 Å². The fourth-order valence-electron chi connectivity index (χ4n) is 1.72. The first-order valence-electron chi connectivity index (χ1n) is 6.16. The molecule has 0 aliphatic heterocycles. The Kier molecular flexibility index (Phi) is 4.61. The van der Waals surface area contributed by atoms with Gasteiger partial charge in [0.05, 0.1) is 5.75 Å². The molecule has 2 heterocycles. The minimum absolute atomic E-state index is 0.111. The van der Waals surface area contributed by atoms with E-state index < -0.39 is 10.0 Å². The lowest BCUT2D eigenvalue weighted by Gasteiger charge is -2.00. The highest BCUT2D eigenvalue weighted by Crippen LogP contribution is 2.16. The number of rotatable bonds is 6. The average Bonchev–Trinajstić information content (AvgIpc) is 2.78. The summed E-state index contributed by atoms with van der Waals surface area (Å²) >= 11 is 1.44. The van der Waals surface area contributed by atoms with Gasteiger partial charge in [0.25, 0.3) is 5.78 Å². The summed E-state index contributed by atoms with van der Waals surface area (Å²) in [7, 11) is -1.71. The van der Waals surface area contributed by atoms with Crippen LogP contribution >= 0.6 is 11.8 Å². The van der Waals surface area contributed by atoms with E-state index in [0.717, 1.165) is 11.4 Å². The Balaban J connectivity index is 1.99. The molecule has 2 rings (SSSR count). The predicted molar refractivity (Wildman–Crippen MR) is 78.4 cm³/mol. The molecule has 0 aromatic carbocycles. The molecule has 2 aromatic heterocycles. The summed E-state index contributed by atoms with van der Waals surface area (Å²) in [5, 5.41) is 4.97. The van der Waals surface area contributed by atoms with Gasteiger partial charge in [-0.2, -0.15) is 4.98 Å². The molecular formula is C11H17N5O2S2. The van der Waals surface area contributed by atoms with Gasteiger partial charge >= 0.3 is 0 Å². The lowest BCUT2D eigenvalue weighted by Crippen LogP contribution is -2.22. The Morgan fingerprint density at radius 3 is 2.80 bits per heavy atom. The van der Waals surface area contributed by atoms with Crippen molar-refractivity contribution in [2.45, 2.75) is 25.4 Å². The maximum Gasteiger partial charge on any atom is 0.253 e. The number of sulfonamides is 1. The third-order valence-corrected chi connectivity index (χ3v) is 5.07. The summed E-state index contributed by atoms with van der Waals surface area (Å²) < 4.78 is 26.5. The molecule has 1 N–H and O–H groups in total. The van der Waals surface area contributed by atoms with Gasteiger partial charge in [-0.1, -0.05) is 11.8 Å². The standard InChI is InChI=1S/C11H17N5O2S2/c1-8-7-9(2)16-10(13-8)14-11(15-16)19-5-4-6-20(17,18)12-3/h7,12H,4-6H2,1-3H3. The number of aryl methyl sites for hydroxylation is 2. The largest absolute Gasteiger partial charge is 0.253 e. The highest BCUT2D eigenvalue weighted by Gasteiger charge is 2.10. The monoisotopic (exact) mass is 315 g/mol. The van der Waals surface area contributed by atoms with Gasteiger partial charge in [-0.05, 0) is 33.4 Å². The Morgan fingerprint density at radius 1 is 1.35 bits per heavy atom. The SMILES string of the molecule is CNS(=O)(=O)CCCSc1nc2nc(C)cc(C)n2n1. The maximum absolute atomic E-state index is 11.3. The first-order valence-corrected chi connectivity index (χ1v) is 8.80. The first-order chi connectivity index (χ1) is 9.41. The van der Waals surface area contributed by atoms with E-state index in [9.17, 15) is 8.42 Å². The number of thioether (sulfide) groups is 1. The van der Waals surface area contributed by atoms with E-state index in [-0.39, 0.29) is 5.75 Å². The smallest absolute Gasteiger partial charge is 0.218 e. The van der Waals surface area contributed by atoms with Crippen molar-refractivity contribution in [1.82, 2.24) is 24.3 Å². The molecule has 20 heavy (non-hydrogen) atoms. The van der Waals surface area contributed by atoms with Crippen molar-refractivity contribution < 1.29 is 8.42 Å². The van der Waals surface area contributed by atoms with E-state index in [1.54, 1.807) is 4.52 Å². The molecule has 0 saturated carbocycles. The first kappa shape index (κ1) is 15.2. The molecule has 0 unspecified atom stereocenters. The lowest BCUT2D eigenvalue weighted by molar-refractivity contribution is 0.587. The molecule has 0 atom stereocenters. The van der Waals surface area contributed by atoms with E-state index in [0.29, 0.717) is 23.1 Å². The van der Waals surface area contributed by atoms with E-state index >= 15 is 0 Å². The summed E-state index contributed by atoms with van der Waals surface area (Å²) in [5.41, 5.74) is 1.88. The second-order valence-electron chi connectivity index (χ2n) is 4.37. The number of hydrogen-bond donors (Lipinski definition) is 1. The molecule has 0 radical (unpaired) electrons. The van der Waals surface area contributed by atoms with Crippen molar-refractivity contribution in [2.75, 3.05) is 18.6 Å². The Bertz CT molecular complexity index is 711. The van der Waals surface area contributed by atoms with Crippen molar-refractivity contribution in [2.24, 2.45) is 0 Å². The van der Waals surface area contributed by atoms with Crippen molar-refractivity contribution in [3.8, 4) is 0 Å². The fourth-order valence-corrected chi connectivity index (χ4v) is 3.39. The van der Waals surface area contributed by atoms with Gasteiger partial charge in [0.1, 0.15) is 0 Å². The Labute approximate surface area is 122 Å². The molecule has 0 amide bonds. The zero-order valence-corrected chi connectivity index (χ0v) is 13.3. The van der Waals surface area contributed by atoms with Crippen LogP contribution in [0, 0.1) is 13.8 Å². The number of hydrogen-bond acceptors (Lipinski definition) is 6. The highest BCUT2D eigenvalue weighted by molar-refractivity contribution is 7.99. The van der Waals surface area contributed by atoms with Crippen molar-refractivity contribution >= 4 is 27.6 Å². The van der Waals surface area contributed by atoms with Crippen LogP contribution in [0.2, 0.25) is 0 Å². The van der Waals surface area contributed by atoms with Crippen LogP contribution in [0.3, 0.4) is 0 Å². The van der Waals surface area contributed by atoms with Crippen LogP contribution in [0.5, 0.6) is 0 Å². The summed E-state index contributed by atoms with van der Waals surface area (Å²) in [6.45, 7) is 3.86. The molecule has 0 spiro atoms. The van der Waals surface area contributed by atoms with Gasteiger partial charge in [-0.3, -0.25) is 0 Å². The molecule has 0 saturated heterocycles. The van der Waals surface area contributed by atoms with E-state index in [1.165, 1.54) is 18.8 Å². The van der Waals surface area contributed by atoms with Crippen LogP contribution in [0.25, 0.3) is 5.78 Å². The summed E-state index contributed by atoms with van der Waals surface area (Å²) in [6, 6.07) is 1.94. The minimum atomic E-state index is -3.13. The van der Waals surface area contributed by atoms with Crippen LogP contribution in [0.4, 0.5) is 0 Å². The molecule has 110 valence electrons. The number of aromatic nitrogens is 4. The second-order valence-corrected chi connectivity index (χ2v) is 7.48. The van der Waals surface area contributed by atoms with Crippen molar-refractivity contribution in [3.63, 3.8) is 0 Å². The summed E-state index contributed by atoms with van der Waals surface area (Å²) in [4.78, 5) is 8.64. The van der Waals surface area contributed by atoms with Gasteiger partial charge in [-0.15, -0.1) is 5.10 Å². The van der Waals surface area contributed by atoms with Gasteiger partial charge in [0, 0.05) is 17.1 Å². The molecule has 9 heteroatoms. The summed E-state index contributed by atoms with van der Waals surface area (Å²) in [6.07, 6.45) is 0.550. The maximum atomic E-state index is 11.3. The third-order valence-electron chi connectivity index (χ3n) is 2.70. The molecule has 2 aromatic rings. The molecule has 0 bridgehead atoms. The van der Waals surface area contributed by atoms with Gasteiger partial charge < -0.3 is 0 Å². The number of nitrogens with one attached hydrogen (secondary N) is 1. The van der Waals surface area contributed by atoms with Crippen LogP contribution in [-0.2, 0) is 10.0 Å². The van der Waals surface area contributed by atoms with Gasteiger partial charge in [0.15, 0.2) is 0 Å². The van der Waals surface area contributed by atoms with Crippen LogP contribution in [0.15, 0.2) is 11.2 Å². The van der Waals surface area contributed by atoms with Crippen molar-refractivity contribution in [1.29, 1.82) is 0 Å². The van der Waals surface area contributed by atoms with Gasteiger partial charge in [0.2, 0.25) is 15.2 Å². The third kappa shape index (κ3) is 3.68. The van der Waals surface area contributed by atoms with Crippen LogP contribution < -0.4 is 4.72 Å². The minimum Gasteiger partial charge on any atom is -0.218 e. The van der Waals surface area contributed by atoms with E-state index in [4.69, 9.17) is 0 Å². The molecule has 0 aliphatic rings. The summed E-state index contributed by atoms with van der Waals surface area (Å²) in [5.74, 6) is 1.34. The van der Waals surface area contributed by atoms with Crippen molar-refractivity contribution in [3.05, 3.63) is 17.5 Å². The fraction of sp³-hybridized carbons (Fsp3) is 0.545. The second kappa shape index (κ2) is 6.06. The molecule has 0 aliphatic carbocycles. The quantitative estimate of drug-likeness (QED) is 0.626. The van der Waals surface area contributed by atoms with E-state index in [1.807, 2.05) is 19.9 Å². The molecule has 7 nitrogen and oxygen atoms in total. The average molecular weight is 315 g/mol. The molecule has 0 fully saturated rings. The highest BCUT2D eigenvalue weighted by atomic mass is 32.2.